The van der Waals surface area contributed by atoms with E-state index in [1.165, 1.54) is 5.56 Å². The van der Waals surface area contributed by atoms with Gasteiger partial charge in [-0.05, 0) is 24.8 Å². The first-order valence-electron chi connectivity index (χ1n) is 7.27. The van der Waals surface area contributed by atoms with Crippen molar-refractivity contribution in [1.29, 1.82) is 0 Å². The van der Waals surface area contributed by atoms with Crippen molar-refractivity contribution < 1.29 is 13.7 Å². The molecule has 4 heteroatoms. The fourth-order valence-electron chi connectivity index (χ4n) is 2.42. The number of carbonyl (C=O) groups excluding carboxylic acids is 1. The Kier molecular flexibility index (Phi) is 5.92. The lowest BCUT2D eigenvalue weighted by atomic mass is 10.1. The van der Waals surface area contributed by atoms with Crippen LogP contribution in [0.15, 0.2) is 24.3 Å². The molecule has 1 atom stereocenters. The molecular formula is C16H22O3S. The molecule has 0 N–H and O–H groups in total. The third kappa shape index (κ3) is 4.25. The summed E-state index contributed by atoms with van der Waals surface area (Å²) >= 11 is 0. The molecule has 110 valence electrons. The average Bonchev–Trinajstić information content (AvgIpc) is 2.49. The van der Waals surface area contributed by atoms with Gasteiger partial charge >= 0.3 is 0 Å². The summed E-state index contributed by atoms with van der Waals surface area (Å²) in [5.74, 6) is 0.121. The standard InChI is InChI=1S/C16H22O3S/c1-2-3-13-4-6-14(7-5-13)16(17)12-20(18)15-8-10-19-11-9-15/h4-7,15H,2-3,8-12H2,1H3. The van der Waals surface area contributed by atoms with Crippen LogP contribution in [0.4, 0.5) is 0 Å². The largest absolute Gasteiger partial charge is 0.381 e. The summed E-state index contributed by atoms with van der Waals surface area (Å²) in [6, 6.07) is 7.70. The average molecular weight is 294 g/mol. The van der Waals surface area contributed by atoms with E-state index in [1.807, 2.05) is 24.3 Å². The Balaban J connectivity index is 1.91. The van der Waals surface area contributed by atoms with Gasteiger partial charge in [-0.15, -0.1) is 0 Å². The Morgan fingerprint density at radius 3 is 2.50 bits per heavy atom. The molecule has 0 radical (unpaired) electrons. The minimum atomic E-state index is -1.08. The van der Waals surface area contributed by atoms with E-state index < -0.39 is 10.8 Å². The molecule has 0 bridgehead atoms. The summed E-state index contributed by atoms with van der Waals surface area (Å²) in [6.45, 7) is 3.46. The van der Waals surface area contributed by atoms with E-state index in [9.17, 15) is 9.00 Å². The molecule has 3 nitrogen and oxygen atoms in total. The number of ether oxygens (including phenoxy) is 1. The number of hydrogen-bond donors (Lipinski definition) is 0. The summed E-state index contributed by atoms with van der Waals surface area (Å²) in [7, 11) is -1.08. The molecule has 1 aromatic rings. The van der Waals surface area contributed by atoms with Gasteiger partial charge in [0.25, 0.3) is 0 Å². The SMILES string of the molecule is CCCc1ccc(C(=O)CS(=O)C2CCOCC2)cc1. The van der Waals surface area contributed by atoms with Gasteiger partial charge in [0.15, 0.2) is 5.78 Å². The summed E-state index contributed by atoms with van der Waals surface area (Å²) in [5, 5.41) is 0.118. The van der Waals surface area contributed by atoms with Gasteiger partial charge in [0.2, 0.25) is 0 Å². The molecule has 1 heterocycles. The van der Waals surface area contributed by atoms with Crippen LogP contribution in [0.25, 0.3) is 0 Å². The Morgan fingerprint density at radius 2 is 1.90 bits per heavy atom. The minimum Gasteiger partial charge on any atom is -0.381 e. The fraction of sp³-hybridized carbons (Fsp3) is 0.562. The number of aryl methyl sites for hydroxylation is 1. The molecule has 0 aromatic heterocycles. The van der Waals surface area contributed by atoms with Crippen LogP contribution < -0.4 is 0 Å². The third-order valence-corrected chi connectivity index (χ3v) is 5.39. The van der Waals surface area contributed by atoms with E-state index in [1.54, 1.807) is 0 Å². The molecule has 0 aliphatic carbocycles. The lowest BCUT2D eigenvalue weighted by Crippen LogP contribution is -2.28. The Labute approximate surface area is 123 Å². The quantitative estimate of drug-likeness (QED) is 0.758. The van der Waals surface area contributed by atoms with Crippen LogP contribution in [0.3, 0.4) is 0 Å². The molecule has 1 aromatic carbocycles. The van der Waals surface area contributed by atoms with Crippen molar-refractivity contribution in [2.45, 2.75) is 37.9 Å². The molecule has 2 rings (SSSR count). The number of benzene rings is 1. The monoisotopic (exact) mass is 294 g/mol. The van der Waals surface area contributed by atoms with E-state index in [0.29, 0.717) is 18.8 Å². The highest BCUT2D eigenvalue weighted by atomic mass is 32.2. The van der Waals surface area contributed by atoms with E-state index in [4.69, 9.17) is 4.74 Å². The second kappa shape index (κ2) is 7.70. The molecular weight excluding hydrogens is 272 g/mol. The van der Waals surface area contributed by atoms with Gasteiger partial charge < -0.3 is 4.74 Å². The lowest BCUT2D eigenvalue weighted by Gasteiger charge is -2.21. The van der Waals surface area contributed by atoms with Crippen molar-refractivity contribution in [2.75, 3.05) is 19.0 Å². The Morgan fingerprint density at radius 1 is 1.25 bits per heavy atom. The highest BCUT2D eigenvalue weighted by Crippen LogP contribution is 2.15. The second-order valence-electron chi connectivity index (χ2n) is 5.21. The zero-order valence-corrected chi connectivity index (χ0v) is 12.8. The third-order valence-electron chi connectivity index (χ3n) is 3.63. The van der Waals surface area contributed by atoms with Gasteiger partial charge in [-0.1, -0.05) is 37.6 Å². The lowest BCUT2D eigenvalue weighted by molar-refractivity contribution is 0.0980. The van der Waals surface area contributed by atoms with Gasteiger partial charge in [-0.3, -0.25) is 9.00 Å². The van der Waals surface area contributed by atoms with Crippen LogP contribution in [0.2, 0.25) is 0 Å². The van der Waals surface area contributed by atoms with Gasteiger partial charge in [-0.2, -0.15) is 0 Å². The van der Waals surface area contributed by atoms with Crippen LogP contribution in [-0.2, 0) is 22.0 Å². The van der Waals surface area contributed by atoms with E-state index in [-0.39, 0.29) is 16.8 Å². The Hall–Kier alpha value is -1.00. The summed E-state index contributed by atoms with van der Waals surface area (Å²) in [4.78, 5) is 12.1. The van der Waals surface area contributed by atoms with Crippen molar-refractivity contribution in [1.82, 2.24) is 0 Å². The van der Waals surface area contributed by atoms with Crippen molar-refractivity contribution in [3.8, 4) is 0 Å². The van der Waals surface area contributed by atoms with E-state index in [0.717, 1.165) is 25.7 Å². The molecule has 1 fully saturated rings. The molecule has 0 amide bonds. The van der Waals surface area contributed by atoms with Gasteiger partial charge in [0.05, 0.1) is 5.75 Å². The number of Topliss-reactive ketones (excluding diaryl/α,β-unsaturated/α-hetero) is 1. The van der Waals surface area contributed by atoms with Crippen LogP contribution in [0, 0.1) is 0 Å². The predicted molar refractivity (Wildman–Crippen MR) is 81.6 cm³/mol. The topological polar surface area (TPSA) is 43.4 Å². The maximum atomic E-state index is 12.2. The summed E-state index contributed by atoms with van der Waals surface area (Å²) < 4.78 is 17.4. The second-order valence-corrected chi connectivity index (χ2v) is 6.92. The molecule has 0 saturated carbocycles. The van der Waals surface area contributed by atoms with E-state index >= 15 is 0 Å². The highest BCUT2D eigenvalue weighted by molar-refractivity contribution is 7.86. The van der Waals surface area contributed by atoms with Gasteiger partial charge in [0.1, 0.15) is 0 Å². The number of carbonyl (C=O) groups is 1. The van der Waals surface area contributed by atoms with Crippen molar-refractivity contribution >= 4 is 16.6 Å². The summed E-state index contributed by atoms with van der Waals surface area (Å²) in [6.07, 6.45) is 3.73. The van der Waals surface area contributed by atoms with Crippen LogP contribution in [0.5, 0.6) is 0 Å². The predicted octanol–water partition coefficient (Wildman–Crippen LogP) is 2.75. The van der Waals surface area contributed by atoms with Gasteiger partial charge in [0, 0.05) is 34.8 Å². The Bertz CT molecular complexity index is 461. The molecule has 1 unspecified atom stereocenters. The first kappa shape index (κ1) is 15.4. The van der Waals surface area contributed by atoms with Crippen LogP contribution in [0.1, 0.15) is 42.1 Å². The molecule has 20 heavy (non-hydrogen) atoms. The first-order valence-corrected chi connectivity index (χ1v) is 8.66. The van der Waals surface area contributed by atoms with Crippen LogP contribution in [-0.4, -0.2) is 34.2 Å². The zero-order chi connectivity index (χ0) is 14.4. The fourth-order valence-corrected chi connectivity index (χ4v) is 3.79. The summed E-state index contributed by atoms with van der Waals surface area (Å²) in [5.41, 5.74) is 1.92. The molecule has 1 saturated heterocycles. The minimum absolute atomic E-state index is 0.0159. The van der Waals surface area contributed by atoms with Crippen molar-refractivity contribution in [2.24, 2.45) is 0 Å². The maximum Gasteiger partial charge on any atom is 0.175 e. The van der Waals surface area contributed by atoms with Crippen molar-refractivity contribution in [3.63, 3.8) is 0 Å². The number of hydrogen-bond acceptors (Lipinski definition) is 3. The molecule has 1 aliphatic heterocycles. The van der Waals surface area contributed by atoms with Crippen LogP contribution >= 0.6 is 0 Å². The number of ketones is 1. The molecule has 1 aliphatic rings. The highest BCUT2D eigenvalue weighted by Gasteiger charge is 2.22. The number of rotatable bonds is 6. The zero-order valence-electron chi connectivity index (χ0n) is 12.0. The smallest absolute Gasteiger partial charge is 0.175 e. The normalized spacial score (nSPS) is 17.9. The van der Waals surface area contributed by atoms with Gasteiger partial charge in [-0.25, -0.2) is 0 Å². The molecule has 0 spiro atoms. The van der Waals surface area contributed by atoms with Crippen molar-refractivity contribution in [3.05, 3.63) is 35.4 Å². The maximum absolute atomic E-state index is 12.2. The van der Waals surface area contributed by atoms with E-state index in [2.05, 4.69) is 6.92 Å². The first-order chi connectivity index (χ1) is 9.70.